The Morgan fingerprint density at radius 1 is 1.21 bits per heavy atom. The van der Waals surface area contributed by atoms with Crippen LogP contribution in [-0.4, -0.2) is 80.6 Å². The molecule has 1 aromatic heterocycles. The van der Waals surface area contributed by atoms with E-state index < -0.39 is 16.1 Å². The predicted octanol–water partition coefficient (Wildman–Crippen LogP) is 1.38. The van der Waals surface area contributed by atoms with Crippen molar-refractivity contribution < 1.29 is 17.9 Å². The Hall–Kier alpha value is -1.91. The second-order valence-corrected chi connectivity index (χ2v) is 10.1. The van der Waals surface area contributed by atoms with E-state index in [2.05, 4.69) is 4.90 Å². The number of carbonyl (C=O) groups excluding carboxylic acids is 1. The van der Waals surface area contributed by atoms with E-state index >= 15 is 0 Å². The number of nitrogens with zero attached hydrogens (tertiary/aromatic N) is 4. The largest absolute Gasteiger partial charge is 0.497 e. The molecule has 152 valence electrons. The maximum absolute atomic E-state index is 12.9. The summed E-state index contributed by atoms with van der Waals surface area (Å²) in [5.74, 6) is 0.738. The zero-order valence-corrected chi connectivity index (χ0v) is 17.6. The number of rotatable bonds is 4. The van der Waals surface area contributed by atoms with Gasteiger partial charge in [0.1, 0.15) is 11.8 Å². The average Bonchev–Trinajstić information content (AvgIpc) is 3.33. The first-order chi connectivity index (χ1) is 13.4. The standard InChI is InChI=1S/C18H24N4O4S2/c1-26-13-5-6-14-16(12-13)27-18(19-14)21-10-8-20(9-11-21)17(23)15-4-3-7-22(15)28(2,24)25/h5-6,12,15H,3-4,7-11H2,1-2H3. The molecular weight excluding hydrogens is 400 g/mol. The number of sulfonamides is 1. The van der Waals surface area contributed by atoms with Gasteiger partial charge >= 0.3 is 0 Å². The van der Waals surface area contributed by atoms with Crippen LogP contribution in [0.1, 0.15) is 12.8 Å². The number of carbonyl (C=O) groups is 1. The first-order valence-electron chi connectivity index (χ1n) is 9.32. The summed E-state index contributed by atoms with van der Waals surface area (Å²) in [4.78, 5) is 21.6. The fraction of sp³-hybridized carbons (Fsp3) is 0.556. The second-order valence-electron chi connectivity index (χ2n) is 7.17. The Morgan fingerprint density at radius 2 is 1.96 bits per heavy atom. The van der Waals surface area contributed by atoms with E-state index in [0.29, 0.717) is 39.1 Å². The van der Waals surface area contributed by atoms with Crippen molar-refractivity contribution in [1.82, 2.24) is 14.2 Å². The summed E-state index contributed by atoms with van der Waals surface area (Å²) in [6.07, 6.45) is 2.52. The highest BCUT2D eigenvalue weighted by Gasteiger charge is 2.39. The number of anilines is 1. The third kappa shape index (κ3) is 3.68. The molecule has 2 aromatic rings. The summed E-state index contributed by atoms with van der Waals surface area (Å²) in [5, 5.41) is 0.939. The number of fused-ring (bicyclic) bond motifs is 1. The minimum absolute atomic E-state index is 0.0726. The molecule has 28 heavy (non-hydrogen) atoms. The molecule has 0 radical (unpaired) electrons. The smallest absolute Gasteiger partial charge is 0.241 e. The average molecular weight is 425 g/mol. The summed E-state index contributed by atoms with van der Waals surface area (Å²) >= 11 is 1.62. The molecule has 0 aliphatic carbocycles. The topological polar surface area (TPSA) is 83.1 Å². The molecule has 0 bridgehead atoms. The summed E-state index contributed by atoms with van der Waals surface area (Å²) in [6, 6.07) is 5.29. The predicted molar refractivity (Wildman–Crippen MR) is 110 cm³/mol. The third-order valence-electron chi connectivity index (χ3n) is 5.36. The monoisotopic (exact) mass is 424 g/mol. The summed E-state index contributed by atoms with van der Waals surface area (Å²) < 4.78 is 31.6. The molecule has 1 unspecified atom stereocenters. The van der Waals surface area contributed by atoms with Gasteiger partial charge in [0.05, 0.1) is 23.6 Å². The summed E-state index contributed by atoms with van der Waals surface area (Å²) in [6.45, 7) is 2.96. The van der Waals surface area contributed by atoms with E-state index in [0.717, 1.165) is 27.5 Å². The number of amides is 1. The highest BCUT2D eigenvalue weighted by atomic mass is 32.2. The molecule has 2 aliphatic rings. The van der Waals surface area contributed by atoms with Crippen molar-refractivity contribution in [2.75, 3.05) is 51.0 Å². The van der Waals surface area contributed by atoms with Gasteiger partial charge in [0.25, 0.3) is 0 Å². The van der Waals surface area contributed by atoms with Crippen molar-refractivity contribution in [2.24, 2.45) is 0 Å². The van der Waals surface area contributed by atoms with Gasteiger partial charge in [0.2, 0.25) is 15.9 Å². The van der Waals surface area contributed by atoms with Gasteiger partial charge < -0.3 is 14.5 Å². The third-order valence-corrected chi connectivity index (χ3v) is 7.73. The summed E-state index contributed by atoms with van der Waals surface area (Å²) in [7, 11) is -1.71. The van der Waals surface area contributed by atoms with Crippen molar-refractivity contribution in [2.45, 2.75) is 18.9 Å². The van der Waals surface area contributed by atoms with Crippen LogP contribution in [-0.2, 0) is 14.8 Å². The van der Waals surface area contributed by atoms with Gasteiger partial charge in [0.15, 0.2) is 5.13 Å². The minimum Gasteiger partial charge on any atom is -0.497 e. The van der Waals surface area contributed by atoms with E-state index in [-0.39, 0.29) is 5.91 Å². The quantitative estimate of drug-likeness (QED) is 0.737. The first-order valence-corrected chi connectivity index (χ1v) is 12.0. The van der Waals surface area contributed by atoms with Crippen molar-refractivity contribution >= 4 is 42.6 Å². The van der Waals surface area contributed by atoms with Crippen LogP contribution in [0.4, 0.5) is 5.13 Å². The zero-order chi connectivity index (χ0) is 19.9. The Kier molecular flexibility index (Phi) is 5.19. The SMILES string of the molecule is COc1ccc2nc(N3CCN(C(=O)C4CCCN4S(C)(=O)=O)CC3)sc2c1. The number of methoxy groups -OCH3 is 1. The van der Waals surface area contributed by atoms with Gasteiger partial charge in [-0.05, 0) is 31.0 Å². The van der Waals surface area contributed by atoms with E-state index in [4.69, 9.17) is 9.72 Å². The van der Waals surface area contributed by atoms with Crippen LogP contribution in [0.3, 0.4) is 0 Å². The lowest BCUT2D eigenvalue weighted by atomic mass is 10.2. The van der Waals surface area contributed by atoms with E-state index in [9.17, 15) is 13.2 Å². The molecular formula is C18H24N4O4S2. The lowest BCUT2D eigenvalue weighted by Crippen LogP contribution is -2.54. The van der Waals surface area contributed by atoms with Gasteiger partial charge in [-0.15, -0.1) is 0 Å². The van der Waals surface area contributed by atoms with Crippen LogP contribution in [0.25, 0.3) is 10.2 Å². The molecule has 3 heterocycles. The molecule has 0 spiro atoms. The number of hydrogen-bond donors (Lipinski definition) is 0. The van der Waals surface area contributed by atoms with Gasteiger partial charge in [-0.1, -0.05) is 11.3 Å². The van der Waals surface area contributed by atoms with E-state index in [1.54, 1.807) is 23.3 Å². The van der Waals surface area contributed by atoms with Crippen LogP contribution < -0.4 is 9.64 Å². The highest BCUT2D eigenvalue weighted by molar-refractivity contribution is 7.88. The van der Waals surface area contributed by atoms with Crippen molar-refractivity contribution in [3.05, 3.63) is 18.2 Å². The molecule has 1 atom stereocenters. The molecule has 8 nitrogen and oxygen atoms in total. The number of hydrogen-bond acceptors (Lipinski definition) is 7. The Labute approximate surface area is 168 Å². The van der Waals surface area contributed by atoms with Gasteiger partial charge in [0, 0.05) is 32.7 Å². The molecule has 4 rings (SSSR count). The normalized spacial score (nSPS) is 21.4. The molecule has 0 N–H and O–H groups in total. The molecule has 1 amide bonds. The van der Waals surface area contributed by atoms with Gasteiger partial charge in [-0.2, -0.15) is 4.31 Å². The Bertz CT molecular complexity index is 983. The summed E-state index contributed by atoms with van der Waals surface area (Å²) in [5.41, 5.74) is 0.939. The van der Waals surface area contributed by atoms with E-state index in [1.165, 1.54) is 10.6 Å². The molecule has 2 saturated heterocycles. The molecule has 0 saturated carbocycles. The minimum atomic E-state index is -3.35. The van der Waals surface area contributed by atoms with Crippen LogP contribution in [0.5, 0.6) is 5.75 Å². The van der Waals surface area contributed by atoms with Crippen LogP contribution in [0, 0.1) is 0 Å². The van der Waals surface area contributed by atoms with Crippen molar-refractivity contribution in [3.63, 3.8) is 0 Å². The zero-order valence-electron chi connectivity index (χ0n) is 16.0. The van der Waals surface area contributed by atoms with Crippen LogP contribution in [0.2, 0.25) is 0 Å². The van der Waals surface area contributed by atoms with E-state index in [1.807, 2.05) is 18.2 Å². The number of aromatic nitrogens is 1. The second kappa shape index (κ2) is 7.49. The molecule has 2 fully saturated rings. The number of piperazine rings is 1. The van der Waals surface area contributed by atoms with Crippen molar-refractivity contribution in [3.8, 4) is 5.75 Å². The number of benzene rings is 1. The molecule has 1 aromatic carbocycles. The fourth-order valence-corrected chi connectivity index (χ4v) is 6.03. The van der Waals surface area contributed by atoms with Crippen molar-refractivity contribution in [1.29, 1.82) is 0 Å². The van der Waals surface area contributed by atoms with Crippen LogP contribution >= 0.6 is 11.3 Å². The Morgan fingerprint density at radius 3 is 2.64 bits per heavy atom. The lowest BCUT2D eigenvalue weighted by Gasteiger charge is -2.36. The number of thiazole rings is 1. The number of ether oxygens (including phenoxy) is 1. The maximum atomic E-state index is 12.9. The van der Waals surface area contributed by atoms with Crippen LogP contribution in [0.15, 0.2) is 18.2 Å². The highest BCUT2D eigenvalue weighted by Crippen LogP contribution is 2.32. The lowest BCUT2D eigenvalue weighted by molar-refractivity contribution is -0.134. The molecule has 2 aliphatic heterocycles. The fourth-order valence-electron chi connectivity index (χ4n) is 3.87. The first kappa shape index (κ1) is 19.4. The molecule has 10 heteroatoms. The Balaban J connectivity index is 1.42. The maximum Gasteiger partial charge on any atom is 0.241 e. The van der Waals surface area contributed by atoms with Gasteiger partial charge in [-0.3, -0.25) is 4.79 Å². The van der Waals surface area contributed by atoms with Gasteiger partial charge in [-0.25, -0.2) is 13.4 Å².